The number of aromatic amines is 1. The summed E-state index contributed by atoms with van der Waals surface area (Å²) in [5.74, 6) is 2.09. The van der Waals surface area contributed by atoms with Crippen LogP contribution in [0.5, 0.6) is 0 Å². The molecule has 0 amide bonds. The minimum atomic E-state index is 0.223. The second-order valence-electron chi connectivity index (χ2n) is 6.82. The fourth-order valence-electron chi connectivity index (χ4n) is 3.61. The fraction of sp³-hybridized carbons (Fsp3) is 0.333. The van der Waals surface area contributed by atoms with Crippen LogP contribution in [0.3, 0.4) is 0 Å². The SMILES string of the molecule is CC.C[C@@H]1COCCN1c1cc(-c2cccnc2N)c2cnn(-c3ccn[nH]3)c2n1. The predicted octanol–water partition coefficient (Wildman–Crippen LogP) is 3.04. The number of nitrogen functional groups attached to an aromatic ring is 1. The Morgan fingerprint density at radius 2 is 2.07 bits per heavy atom. The van der Waals surface area contributed by atoms with E-state index in [0.717, 1.165) is 40.3 Å². The van der Waals surface area contributed by atoms with Crippen molar-refractivity contribution in [3.63, 3.8) is 0 Å². The number of rotatable bonds is 3. The first-order valence-corrected chi connectivity index (χ1v) is 10.2. The molecule has 4 aromatic heterocycles. The molecule has 1 aliphatic rings. The number of fused-ring (bicyclic) bond motifs is 1. The first kappa shape index (κ1) is 19.8. The Morgan fingerprint density at radius 1 is 1.20 bits per heavy atom. The highest BCUT2D eigenvalue weighted by Gasteiger charge is 2.23. The standard InChI is InChI=1S/C19H20N8O.C2H6/c1-12-11-28-8-7-26(12)17-9-14(13-3-2-5-21-18(13)20)15-10-23-27(19(15)24-17)16-4-6-22-25-16;1-2/h2-6,9-10,12H,7-8,11H2,1H3,(H2,20,21)(H,22,25);1-2H3/t12-;/m1./s1. The van der Waals surface area contributed by atoms with Crippen LogP contribution in [-0.4, -0.2) is 55.7 Å². The minimum Gasteiger partial charge on any atom is -0.383 e. The van der Waals surface area contributed by atoms with E-state index in [9.17, 15) is 0 Å². The number of H-pyrrole nitrogens is 1. The van der Waals surface area contributed by atoms with Gasteiger partial charge in [0, 0.05) is 35.3 Å². The number of ether oxygens (including phenoxy) is 1. The lowest BCUT2D eigenvalue weighted by molar-refractivity contribution is 0.0986. The van der Waals surface area contributed by atoms with Crippen LogP contribution in [0.15, 0.2) is 42.9 Å². The average Bonchev–Trinajstić information content (AvgIpc) is 3.45. The number of aromatic nitrogens is 6. The first-order valence-electron chi connectivity index (χ1n) is 10.2. The van der Waals surface area contributed by atoms with Gasteiger partial charge in [0.2, 0.25) is 0 Å². The predicted molar refractivity (Wildman–Crippen MR) is 118 cm³/mol. The number of nitrogens with zero attached hydrogens (tertiary/aromatic N) is 6. The highest BCUT2D eigenvalue weighted by Crippen LogP contribution is 2.35. The number of hydrogen-bond acceptors (Lipinski definition) is 7. The molecule has 5 rings (SSSR count). The Labute approximate surface area is 174 Å². The molecule has 0 aromatic carbocycles. The number of anilines is 2. The highest BCUT2D eigenvalue weighted by molar-refractivity contribution is 5.97. The number of nitrogens with two attached hydrogens (primary N) is 1. The van der Waals surface area contributed by atoms with Gasteiger partial charge in [-0.1, -0.05) is 13.8 Å². The van der Waals surface area contributed by atoms with Crippen molar-refractivity contribution >= 4 is 22.7 Å². The summed E-state index contributed by atoms with van der Waals surface area (Å²) < 4.78 is 7.35. The maximum atomic E-state index is 6.19. The van der Waals surface area contributed by atoms with Gasteiger partial charge in [0.05, 0.1) is 31.6 Å². The van der Waals surface area contributed by atoms with E-state index < -0.39 is 0 Å². The lowest BCUT2D eigenvalue weighted by atomic mass is 10.0. The monoisotopic (exact) mass is 406 g/mol. The van der Waals surface area contributed by atoms with Crippen LogP contribution in [0, 0.1) is 0 Å². The maximum absolute atomic E-state index is 6.19. The van der Waals surface area contributed by atoms with Crippen molar-refractivity contribution in [2.45, 2.75) is 26.8 Å². The Morgan fingerprint density at radius 3 is 2.80 bits per heavy atom. The molecule has 1 atom stereocenters. The van der Waals surface area contributed by atoms with Crippen molar-refractivity contribution in [1.82, 2.24) is 29.9 Å². The van der Waals surface area contributed by atoms with Gasteiger partial charge in [-0.05, 0) is 25.1 Å². The summed E-state index contributed by atoms with van der Waals surface area (Å²) in [6.07, 6.45) is 5.18. The zero-order valence-electron chi connectivity index (χ0n) is 17.4. The number of pyridine rings is 2. The van der Waals surface area contributed by atoms with Gasteiger partial charge in [0.15, 0.2) is 11.5 Å². The van der Waals surface area contributed by atoms with Crippen LogP contribution >= 0.6 is 0 Å². The summed E-state index contributed by atoms with van der Waals surface area (Å²) in [6, 6.07) is 8.00. The Balaban J connectivity index is 0.00000106. The number of hydrogen-bond donors (Lipinski definition) is 2. The molecular weight excluding hydrogens is 380 g/mol. The molecule has 30 heavy (non-hydrogen) atoms. The van der Waals surface area contributed by atoms with Crippen LogP contribution in [0.2, 0.25) is 0 Å². The van der Waals surface area contributed by atoms with E-state index in [1.165, 1.54) is 0 Å². The summed E-state index contributed by atoms with van der Waals surface area (Å²) >= 11 is 0. The van der Waals surface area contributed by atoms with E-state index in [1.54, 1.807) is 23.3 Å². The van der Waals surface area contributed by atoms with Gasteiger partial charge in [0.25, 0.3) is 0 Å². The van der Waals surface area contributed by atoms with Crippen molar-refractivity contribution in [1.29, 1.82) is 0 Å². The van der Waals surface area contributed by atoms with Gasteiger partial charge in [-0.15, -0.1) is 0 Å². The van der Waals surface area contributed by atoms with Gasteiger partial charge >= 0.3 is 0 Å². The summed E-state index contributed by atoms with van der Waals surface area (Å²) in [6.45, 7) is 8.26. The molecule has 0 unspecified atom stereocenters. The van der Waals surface area contributed by atoms with Gasteiger partial charge in [-0.2, -0.15) is 14.9 Å². The van der Waals surface area contributed by atoms with Gasteiger partial charge in [-0.25, -0.2) is 9.97 Å². The van der Waals surface area contributed by atoms with E-state index in [1.807, 2.05) is 32.0 Å². The van der Waals surface area contributed by atoms with E-state index >= 15 is 0 Å². The molecule has 1 aliphatic heterocycles. The van der Waals surface area contributed by atoms with Gasteiger partial charge < -0.3 is 15.4 Å². The average molecular weight is 406 g/mol. The Bertz CT molecular complexity index is 1120. The molecule has 3 N–H and O–H groups in total. The molecule has 9 heteroatoms. The second-order valence-corrected chi connectivity index (χ2v) is 6.82. The second kappa shape index (κ2) is 8.50. The first-order chi connectivity index (χ1) is 14.7. The largest absolute Gasteiger partial charge is 0.383 e. The van der Waals surface area contributed by atoms with E-state index in [-0.39, 0.29) is 6.04 Å². The summed E-state index contributed by atoms with van der Waals surface area (Å²) in [4.78, 5) is 11.5. The van der Waals surface area contributed by atoms with Crippen molar-refractivity contribution in [3.8, 4) is 16.9 Å². The van der Waals surface area contributed by atoms with Crippen LogP contribution in [-0.2, 0) is 4.74 Å². The van der Waals surface area contributed by atoms with Crippen molar-refractivity contribution in [3.05, 3.63) is 42.9 Å². The fourth-order valence-corrected chi connectivity index (χ4v) is 3.61. The van der Waals surface area contributed by atoms with Crippen LogP contribution < -0.4 is 10.6 Å². The Kier molecular flexibility index (Phi) is 5.62. The third-order valence-corrected chi connectivity index (χ3v) is 5.03. The smallest absolute Gasteiger partial charge is 0.167 e. The molecule has 5 heterocycles. The zero-order chi connectivity index (χ0) is 21.1. The van der Waals surface area contributed by atoms with Crippen LogP contribution in [0.25, 0.3) is 28.0 Å². The molecule has 156 valence electrons. The van der Waals surface area contributed by atoms with E-state index in [4.69, 9.17) is 15.5 Å². The highest BCUT2D eigenvalue weighted by atomic mass is 16.5. The Hall–Kier alpha value is -3.46. The lowest BCUT2D eigenvalue weighted by Crippen LogP contribution is -2.44. The van der Waals surface area contributed by atoms with Crippen molar-refractivity contribution in [2.75, 3.05) is 30.4 Å². The van der Waals surface area contributed by atoms with Gasteiger partial charge in [0.1, 0.15) is 11.6 Å². The maximum Gasteiger partial charge on any atom is 0.167 e. The summed E-state index contributed by atoms with van der Waals surface area (Å²) in [7, 11) is 0. The number of morpholine rings is 1. The molecule has 9 nitrogen and oxygen atoms in total. The van der Waals surface area contributed by atoms with Gasteiger partial charge in [-0.3, -0.25) is 5.10 Å². The molecule has 0 aliphatic carbocycles. The summed E-state index contributed by atoms with van der Waals surface area (Å²) in [5.41, 5.74) is 8.74. The molecule has 1 fully saturated rings. The third kappa shape index (κ3) is 3.48. The van der Waals surface area contributed by atoms with Crippen LogP contribution in [0.4, 0.5) is 11.6 Å². The molecule has 0 saturated carbocycles. The van der Waals surface area contributed by atoms with Crippen molar-refractivity contribution in [2.24, 2.45) is 0 Å². The lowest BCUT2D eigenvalue weighted by Gasteiger charge is -2.34. The van der Waals surface area contributed by atoms with Crippen LogP contribution in [0.1, 0.15) is 20.8 Å². The quantitative estimate of drug-likeness (QED) is 0.538. The molecule has 0 bridgehead atoms. The molecule has 1 saturated heterocycles. The zero-order valence-corrected chi connectivity index (χ0v) is 17.4. The number of nitrogens with one attached hydrogen (secondary N) is 1. The summed E-state index contributed by atoms with van der Waals surface area (Å²) in [5, 5.41) is 12.4. The molecule has 0 radical (unpaired) electrons. The third-order valence-electron chi connectivity index (χ3n) is 5.03. The van der Waals surface area contributed by atoms with E-state index in [2.05, 4.69) is 38.2 Å². The molecule has 0 spiro atoms. The topological polar surface area (TPSA) is 111 Å². The van der Waals surface area contributed by atoms with Crippen molar-refractivity contribution < 1.29 is 4.74 Å². The van der Waals surface area contributed by atoms with E-state index in [0.29, 0.717) is 19.0 Å². The minimum absolute atomic E-state index is 0.223. The molecule has 4 aromatic rings. The molecular formula is C21H26N8O. The normalized spacial score (nSPS) is 16.4.